The van der Waals surface area contributed by atoms with E-state index in [1.807, 2.05) is 0 Å². The van der Waals surface area contributed by atoms with Crippen LogP contribution in [0.2, 0.25) is 0 Å². The van der Waals surface area contributed by atoms with Gasteiger partial charge >= 0.3 is 5.97 Å². The van der Waals surface area contributed by atoms with Crippen LogP contribution < -0.4 is 11.1 Å². The third kappa shape index (κ3) is 2.70. The van der Waals surface area contributed by atoms with Gasteiger partial charge in [0.05, 0.1) is 11.2 Å². The number of rotatable bonds is 4. The minimum Gasteiger partial charge on any atom is -0.481 e. The molecule has 1 aliphatic heterocycles. The van der Waals surface area contributed by atoms with Crippen LogP contribution in [0.4, 0.5) is 10.1 Å². The quantitative estimate of drug-likeness (QED) is 0.708. The van der Waals surface area contributed by atoms with Crippen molar-refractivity contribution in [3.05, 3.63) is 24.0 Å². The molecule has 0 spiro atoms. The zero-order valence-electron chi connectivity index (χ0n) is 9.07. The number of benzene rings is 1. The van der Waals surface area contributed by atoms with E-state index in [0.717, 1.165) is 0 Å². The zero-order valence-corrected chi connectivity index (χ0v) is 9.89. The molecule has 1 fully saturated rings. The number of nitrogens with two attached hydrogens (primary N) is 1. The van der Waals surface area contributed by atoms with Crippen LogP contribution in [0, 0.1) is 5.82 Å². The van der Waals surface area contributed by atoms with E-state index in [1.54, 1.807) is 12.1 Å². The van der Waals surface area contributed by atoms with Gasteiger partial charge in [-0.25, -0.2) is 4.39 Å². The van der Waals surface area contributed by atoms with E-state index in [-0.39, 0.29) is 6.42 Å². The standard InChI is InChI=1S/C11H13FN2O2S/c12-8-3-7(13)1-2-9(8)17-11(4-10(15)16)5-14-6-11/h1-3,14H,4-6,13H2,(H,15,16). The highest BCUT2D eigenvalue weighted by Gasteiger charge is 2.40. The Morgan fingerprint density at radius 1 is 1.59 bits per heavy atom. The normalized spacial score (nSPS) is 17.5. The molecule has 0 atom stereocenters. The smallest absolute Gasteiger partial charge is 0.304 e. The fraction of sp³-hybridized carbons (Fsp3) is 0.364. The first kappa shape index (κ1) is 12.2. The monoisotopic (exact) mass is 256 g/mol. The summed E-state index contributed by atoms with van der Waals surface area (Å²) in [7, 11) is 0. The molecule has 4 nitrogen and oxygen atoms in total. The van der Waals surface area contributed by atoms with Crippen LogP contribution in [0.25, 0.3) is 0 Å². The summed E-state index contributed by atoms with van der Waals surface area (Å²) in [5.41, 5.74) is 5.83. The maximum absolute atomic E-state index is 13.6. The van der Waals surface area contributed by atoms with Crippen molar-refractivity contribution in [2.75, 3.05) is 18.8 Å². The van der Waals surface area contributed by atoms with Crippen molar-refractivity contribution in [1.82, 2.24) is 5.32 Å². The number of anilines is 1. The molecule has 1 saturated heterocycles. The molecule has 2 rings (SSSR count). The number of hydrogen-bond acceptors (Lipinski definition) is 4. The maximum Gasteiger partial charge on any atom is 0.304 e. The number of thioether (sulfide) groups is 1. The Balaban J connectivity index is 2.15. The van der Waals surface area contributed by atoms with E-state index in [9.17, 15) is 9.18 Å². The molecule has 1 aromatic carbocycles. The number of nitrogen functional groups attached to an aromatic ring is 1. The molecule has 0 unspecified atom stereocenters. The van der Waals surface area contributed by atoms with Crippen molar-refractivity contribution < 1.29 is 14.3 Å². The highest BCUT2D eigenvalue weighted by molar-refractivity contribution is 8.00. The third-order valence-corrected chi connectivity index (χ3v) is 4.07. The first-order valence-electron chi connectivity index (χ1n) is 5.17. The molecule has 0 saturated carbocycles. The van der Waals surface area contributed by atoms with Gasteiger partial charge in [-0.05, 0) is 18.2 Å². The van der Waals surface area contributed by atoms with E-state index in [1.165, 1.54) is 17.8 Å². The average molecular weight is 256 g/mol. The van der Waals surface area contributed by atoms with Gasteiger partial charge in [0.2, 0.25) is 0 Å². The van der Waals surface area contributed by atoms with E-state index in [0.29, 0.717) is 23.7 Å². The second kappa shape index (κ2) is 4.54. The first-order valence-corrected chi connectivity index (χ1v) is 5.99. The van der Waals surface area contributed by atoms with Crippen molar-refractivity contribution >= 4 is 23.4 Å². The number of halogens is 1. The van der Waals surface area contributed by atoms with E-state index in [4.69, 9.17) is 10.8 Å². The van der Waals surface area contributed by atoms with Crippen molar-refractivity contribution in [2.45, 2.75) is 16.1 Å². The van der Waals surface area contributed by atoms with Gasteiger partial charge in [-0.1, -0.05) is 0 Å². The Labute approximate surface area is 102 Å². The first-order chi connectivity index (χ1) is 8.01. The van der Waals surface area contributed by atoms with Gasteiger partial charge in [0.25, 0.3) is 0 Å². The summed E-state index contributed by atoms with van der Waals surface area (Å²) in [5.74, 6) is -1.26. The summed E-state index contributed by atoms with van der Waals surface area (Å²) in [5, 5.41) is 11.9. The summed E-state index contributed by atoms with van der Waals surface area (Å²) in [4.78, 5) is 11.2. The fourth-order valence-electron chi connectivity index (χ4n) is 1.75. The number of aliphatic carboxylic acids is 1. The topological polar surface area (TPSA) is 75.4 Å². The molecule has 0 radical (unpaired) electrons. The number of hydrogen-bond donors (Lipinski definition) is 3. The summed E-state index contributed by atoms with van der Waals surface area (Å²) in [6.45, 7) is 1.15. The van der Waals surface area contributed by atoms with Gasteiger partial charge < -0.3 is 16.2 Å². The van der Waals surface area contributed by atoms with Gasteiger partial charge in [0.1, 0.15) is 5.82 Å². The molecule has 1 aliphatic rings. The lowest BCUT2D eigenvalue weighted by atomic mass is 9.98. The Morgan fingerprint density at radius 2 is 2.29 bits per heavy atom. The predicted molar refractivity (Wildman–Crippen MR) is 64.5 cm³/mol. The van der Waals surface area contributed by atoms with Crippen LogP contribution in [0.5, 0.6) is 0 Å². The van der Waals surface area contributed by atoms with E-state index in [2.05, 4.69) is 5.32 Å². The highest BCUT2D eigenvalue weighted by Crippen LogP contribution is 2.40. The predicted octanol–water partition coefficient (Wildman–Crippen LogP) is 1.32. The molecule has 1 heterocycles. The Kier molecular flexibility index (Phi) is 3.26. The van der Waals surface area contributed by atoms with Crippen LogP contribution in [-0.2, 0) is 4.79 Å². The summed E-state index contributed by atoms with van der Waals surface area (Å²) in [6, 6.07) is 4.46. The molecule has 17 heavy (non-hydrogen) atoms. The maximum atomic E-state index is 13.6. The van der Waals surface area contributed by atoms with Crippen molar-refractivity contribution in [3.8, 4) is 0 Å². The number of carbonyl (C=O) groups is 1. The van der Waals surface area contributed by atoms with Crippen molar-refractivity contribution in [2.24, 2.45) is 0 Å². The molecule has 0 aliphatic carbocycles. The van der Waals surface area contributed by atoms with Gasteiger partial charge in [-0.3, -0.25) is 4.79 Å². The fourth-order valence-corrected chi connectivity index (χ4v) is 3.05. The lowest BCUT2D eigenvalue weighted by molar-refractivity contribution is -0.138. The van der Waals surface area contributed by atoms with Crippen molar-refractivity contribution in [1.29, 1.82) is 0 Å². The molecular weight excluding hydrogens is 243 g/mol. The molecular formula is C11H13FN2O2S. The van der Waals surface area contributed by atoms with Gasteiger partial charge in [-0.15, -0.1) is 11.8 Å². The molecule has 0 bridgehead atoms. The molecule has 0 amide bonds. The number of carboxylic acid groups (broad SMARTS) is 1. The SMILES string of the molecule is Nc1ccc(SC2(CC(=O)O)CNC2)c(F)c1. The van der Waals surface area contributed by atoms with Crippen LogP contribution in [0.1, 0.15) is 6.42 Å². The lowest BCUT2D eigenvalue weighted by Gasteiger charge is -2.40. The molecule has 92 valence electrons. The Morgan fingerprint density at radius 3 is 2.76 bits per heavy atom. The number of nitrogens with one attached hydrogen (secondary N) is 1. The van der Waals surface area contributed by atoms with Gasteiger partial charge in [-0.2, -0.15) is 0 Å². The average Bonchev–Trinajstić information content (AvgIpc) is 2.18. The minimum atomic E-state index is -0.866. The van der Waals surface area contributed by atoms with Crippen LogP contribution in [-0.4, -0.2) is 28.9 Å². The lowest BCUT2D eigenvalue weighted by Crippen LogP contribution is -2.58. The van der Waals surface area contributed by atoms with E-state index < -0.39 is 16.5 Å². The molecule has 1 aromatic rings. The van der Waals surface area contributed by atoms with Crippen LogP contribution in [0.15, 0.2) is 23.1 Å². The summed E-state index contributed by atoms with van der Waals surface area (Å²) >= 11 is 1.27. The summed E-state index contributed by atoms with van der Waals surface area (Å²) < 4.78 is 13.2. The van der Waals surface area contributed by atoms with Gasteiger partial charge in [0, 0.05) is 23.7 Å². The largest absolute Gasteiger partial charge is 0.481 e. The third-order valence-electron chi connectivity index (χ3n) is 2.65. The second-order valence-electron chi connectivity index (χ2n) is 4.15. The Hall–Kier alpha value is -1.27. The Bertz CT molecular complexity index is 449. The number of carboxylic acids is 1. The van der Waals surface area contributed by atoms with Crippen molar-refractivity contribution in [3.63, 3.8) is 0 Å². The minimum absolute atomic E-state index is 0.0223. The zero-order chi connectivity index (χ0) is 12.5. The van der Waals surface area contributed by atoms with Crippen LogP contribution >= 0.6 is 11.8 Å². The second-order valence-corrected chi connectivity index (χ2v) is 5.66. The molecule has 6 heteroatoms. The van der Waals surface area contributed by atoms with Gasteiger partial charge in [0.15, 0.2) is 0 Å². The van der Waals surface area contributed by atoms with Crippen LogP contribution in [0.3, 0.4) is 0 Å². The van der Waals surface area contributed by atoms with E-state index >= 15 is 0 Å². The highest BCUT2D eigenvalue weighted by atomic mass is 32.2. The molecule has 0 aromatic heterocycles. The summed E-state index contributed by atoms with van der Waals surface area (Å²) in [6.07, 6.45) is 0.0223. The molecule has 4 N–H and O–H groups in total.